The van der Waals surface area contributed by atoms with Gasteiger partial charge in [0.05, 0.1) is 6.20 Å². The standard InChI is InChI=1S/C9H11NO4/c1-5(2)10-3-6(9(13)14)8(12)7(11)4-10/h3-5,11H,1-2H3,(H,13,14). The van der Waals surface area contributed by atoms with Crippen LogP contribution in [0, 0.1) is 0 Å². The molecule has 1 aromatic rings. The summed E-state index contributed by atoms with van der Waals surface area (Å²) in [5.74, 6) is -1.88. The molecule has 1 rings (SSSR count). The van der Waals surface area contributed by atoms with Crippen LogP contribution in [0.4, 0.5) is 0 Å². The first kappa shape index (κ1) is 10.3. The lowest BCUT2D eigenvalue weighted by Crippen LogP contribution is -2.18. The number of aromatic hydroxyl groups is 1. The fourth-order valence-corrected chi connectivity index (χ4v) is 1.03. The number of aromatic nitrogens is 1. The monoisotopic (exact) mass is 197 g/mol. The third-order valence-corrected chi connectivity index (χ3v) is 1.85. The van der Waals surface area contributed by atoms with Gasteiger partial charge in [0.1, 0.15) is 5.56 Å². The van der Waals surface area contributed by atoms with Crippen LogP contribution in [0.25, 0.3) is 0 Å². The summed E-state index contributed by atoms with van der Waals surface area (Å²) in [6.07, 6.45) is 2.44. The molecule has 76 valence electrons. The van der Waals surface area contributed by atoms with Crippen molar-refractivity contribution in [3.8, 4) is 5.75 Å². The third-order valence-electron chi connectivity index (χ3n) is 1.85. The average molecular weight is 197 g/mol. The lowest BCUT2D eigenvalue weighted by Gasteiger charge is -2.11. The molecule has 2 N–H and O–H groups in total. The minimum atomic E-state index is -1.33. The molecule has 0 aliphatic carbocycles. The summed E-state index contributed by atoms with van der Waals surface area (Å²) in [6.45, 7) is 3.63. The third kappa shape index (κ3) is 1.76. The van der Waals surface area contributed by atoms with E-state index in [1.165, 1.54) is 17.0 Å². The second-order valence-corrected chi connectivity index (χ2v) is 3.23. The Morgan fingerprint density at radius 1 is 1.43 bits per heavy atom. The summed E-state index contributed by atoms with van der Waals surface area (Å²) in [7, 11) is 0. The normalized spacial score (nSPS) is 10.5. The maximum Gasteiger partial charge on any atom is 0.341 e. The van der Waals surface area contributed by atoms with E-state index >= 15 is 0 Å². The smallest absolute Gasteiger partial charge is 0.341 e. The molecule has 1 aromatic heterocycles. The summed E-state index contributed by atoms with van der Waals surface area (Å²) < 4.78 is 1.47. The molecule has 0 atom stereocenters. The van der Waals surface area contributed by atoms with Gasteiger partial charge in [0.2, 0.25) is 5.43 Å². The maximum atomic E-state index is 11.1. The lowest BCUT2D eigenvalue weighted by molar-refractivity contribution is 0.0693. The Morgan fingerprint density at radius 2 is 2.00 bits per heavy atom. The van der Waals surface area contributed by atoms with Gasteiger partial charge in [0, 0.05) is 12.2 Å². The molecule has 5 nitrogen and oxygen atoms in total. The van der Waals surface area contributed by atoms with Crippen LogP contribution in [0.3, 0.4) is 0 Å². The number of aromatic carboxylic acids is 1. The molecule has 5 heteroatoms. The number of hydrogen-bond donors (Lipinski definition) is 2. The Hall–Kier alpha value is -1.78. The molecule has 0 amide bonds. The Labute approximate surface area is 80.2 Å². The van der Waals surface area contributed by atoms with E-state index < -0.39 is 22.7 Å². The summed E-state index contributed by atoms with van der Waals surface area (Å²) >= 11 is 0. The Bertz CT molecular complexity index is 419. The van der Waals surface area contributed by atoms with Crippen LogP contribution < -0.4 is 5.43 Å². The van der Waals surface area contributed by atoms with Crippen LogP contribution in [-0.4, -0.2) is 20.7 Å². The Morgan fingerprint density at radius 3 is 2.43 bits per heavy atom. The van der Waals surface area contributed by atoms with E-state index in [4.69, 9.17) is 5.11 Å². The number of pyridine rings is 1. The van der Waals surface area contributed by atoms with E-state index in [0.717, 1.165) is 0 Å². The number of carboxylic acid groups (broad SMARTS) is 1. The predicted octanol–water partition coefficient (Wildman–Crippen LogP) is 0.833. The average Bonchev–Trinajstić information content (AvgIpc) is 2.08. The first-order chi connectivity index (χ1) is 6.43. The van der Waals surface area contributed by atoms with Crippen molar-refractivity contribution >= 4 is 5.97 Å². The molecule has 0 aromatic carbocycles. The predicted molar refractivity (Wildman–Crippen MR) is 49.7 cm³/mol. The number of carbonyl (C=O) groups is 1. The first-order valence-electron chi connectivity index (χ1n) is 4.11. The molecule has 0 spiro atoms. The highest BCUT2D eigenvalue weighted by molar-refractivity contribution is 5.87. The molecule has 14 heavy (non-hydrogen) atoms. The van der Waals surface area contributed by atoms with Crippen molar-refractivity contribution < 1.29 is 15.0 Å². The van der Waals surface area contributed by atoms with E-state index in [9.17, 15) is 14.7 Å². The van der Waals surface area contributed by atoms with Crippen molar-refractivity contribution in [2.75, 3.05) is 0 Å². The van der Waals surface area contributed by atoms with E-state index in [2.05, 4.69) is 0 Å². The minimum Gasteiger partial charge on any atom is -0.503 e. The topological polar surface area (TPSA) is 79.5 Å². The Balaban J connectivity index is 3.43. The van der Waals surface area contributed by atoms with E-state index in [-0.39, 0.29) is 6.04 Å². The highest BCUT2D eigenvalue weighted by atomic mass is 16.4. The number of carboxylic acids is 1. The zero-order valence-corrected chi connectivity index (χ0v) is 7.89. The highest BCUT2D eigenvalue weighted by Gasteiger charge is 2.13. The second kappa shape index (κ2) is 3.53. The summed E-state index contributed by atoms with van der Waals surface area (Å²) in [6, 6.07) is -0.0143. The van der Waals surface area contributed by atoms with Gasteiger partial charge in [-0.15, -0.1) is 0 Å². The second-order valence-electron chi connectivity index (χ2n) is 3.23. The molecular weight excluding hydrogens is 186 g/mol. The van der Waals surface area contributed by atoms with Crippen molar-refractivity contribution in [1.29, 1.82) is 0 Å². The zero-order valence-electron chi connectivity index (χ0n) is 7.89. The quantitative estimate of drug-likeness (QED) is 0.736. The number of rotatable bonds is 2. The van der Waals surface area contributed by atoms with Crippen molar-refractivity contribution in [3.05, 3.63) is 28.2 Å². The van der Waals surface area contributed by atoms with E-state index in [0.29, 0.717) is 0 Å². The summed E-state index contributed by atoms with van der Waals surface area (Å²) in [5.41, 5.74) is -1.27. The van der Waals surface area contributed by atoms with Gasteiger partial charge in [-0.1, -0.05) is 0 Å². The van der Waals surface area contributed by atoms with Crippen LogP contribution >= 0.6 is 0 Å². The van der Waals surface area contributed by atoms with Gasteiger partial charge in [0.25, 0.3) is 0 Å². The van der Waals surface area contributed by atoms with Gasteiger partial charge in [0.15, 0.2) is 5.75 Å². The molecule has 0 unspecified atom stereocenters. The van der Waals surface area contributed by atoms with Crippen LogP contribution in [0.5, 0.6) is 5.75 Å². The summed E-state index contributed by atoms with van der Waals surface area (Å²) in [5, 5.41) is 17.9. The highest BCUT2D eigenvalue weighted by Crippen LogP contribution is 2.09. The van der Waals surface area contributed by atoms with Gasteiger partial charge in [-0.05, 0) is 13.8 Å². The lowest BCUT2D eigenvalue weighted by atomic mass is 10.2. The number of hydrogen-bond acceptors (Lipinski definition) is 3. The maximum absolute atomic E-state index is 11.1. The SMILES string of the molecule is CC(C)n1cc(O)c(=O)c(C(=O)O)c1. The van der Waals surface area contributed by atoms with Gasteiger partial charge in [-0.25, -0.2) is 4.79 Å². The van der Waals surface area contributed by atoms with Gasteiger partial charge >= 0.3 is 5.97 Å². The molecule has 0 saturated heterocycles. The van der Waals surface area contributed by atoms with Crippen LogP contribution in [0.15, 0.2) is 17.2 Å². The van der Waals surface area contributed by atoms with Gasteiger partial charge < -0.3 is 14.8 Å². The van der Waals surface area contributed by atoms with Gasteiger partial charge in [-0.3, -0.25) is 4.79 Å². The van der Waals surface area contributed by atoms with Crippen LogP contribution in [-0.2, 0) is 0 Å². The van der Waals surface area contributed by atoms with Gasteiger partial charge in [-0.2, -0.15) is 0 Å². The summed E-state index contributed by atoms with van der Waals surface area (Å²) in [4.78, 5) is 21.8. The van der Waals surface area contributed by atoms with Crippen molar-refractivity contribution in [2.24, 2.45) is 0 Å². The molecular formula is C9H11NO4. The fraction of sp³-hybridized carbons (Fsp3) is 0.333. The zero-order chi connectivity index (χ0) is 10.9. The minimum absolute atomic E-state index is 0.0143. The van der Waals surface area contributed by atoms with Crippen molar-refractivity contribution in [1.82, 2.24) is 4.57 Å². The molecule has 0 aliphatic heterocycles. The number of nitrogens with zero attached hydrogens (tertiary/aromatic N) is 1. The Kier molecular flexibility index (Phi) is 2.60. The van der Waals surface area contributed by atoms with Crippen LogP contribution in [0.1, 0.15) is 30.2 Å². The molecule has 0 saturated carbocycles. The first-order valence-corrected chi connectivity index (χ1v) is 4.11. The van der Waals surface area contributed by atoms with Crippen molar-refractivity contribution in [3.63, 3.8) is 0 Å². The van der Waals surface area contributed by atoms with Crippen molar-refractivity contribution in [2.45, 2.75) is 19.9 Å². The van der Waals surface area contributed by atoms with E-state index in [1.807, 2.05) is 13.8 Å². The fourth-order valence-electron chi connectivity index (χ4n) is 1.03. The molecule has 0 fully saturated rings. The molecule has 0 bridgehead atoms. The van der Waals surface area contributed by atoms with Crippen LogP contribution in [0.2, 0.25) is 0 Å². The molecule has 0 radical (unpaired) electrons. The largest absolute Gasteiger partial charge is 0.503 e. The van der Waals surface area contributed by atoms with E-state index in [1.54, 1.807) is 0 Å². The molecule has 1 heterocycles. The molecule has 0 aliphatic rings.